The van der Waals surface area contributed by atoms with Crippen LogP contribution < -0.4 is 5.32 Å². The van der Waals surface area contributed by atoms with Crippen molar-refractivity contribution in [1.29, 1.82) is 0 Å². The maximum atomic E-state index is 13.1. The molecule has 0 unspecified atom stereocenters. The lowest BCUT2D eigenvalue weighted by Crippen LogP contribution is -2.58. The van der Waals surface area contributed by atoms with Gasteiger partial charge in [-0.3, -0.25) is 14.8 Å². The standard InChI is InChI=1S/C30H40F3N5O5/c1-28(2,3)43-27(39)20-8-6-19(7-9-20)16-37-10-12-38(13-11-37)17-22-26-25(41-29(4,5)42-26)21(18-40-22)35-24-15-34-14-23(36-24)30(31,32)33/h6-9,14-15,21-22,25-26H,10-13,16-18H2,1-5H3,(H,35,36)/t21-,22+,25+,26-/m0/s1. The van der Waals surface area contributed by atoms with Crippen molar-refractivity contribution in [3.8, 4) is 0 Å². The molecule has 13 heteroatoms. The monoisotopic (exact) mass is 607 g/mol. The van der Waals surface area contributed by atoms with Crippen LogP contribution in [0, 0.1) is 0 Å². The SMILES string of the molecule is CC(C)(C)OC(=O)c1ccc(CN2CCN(C[C@H]3OC[C@H](Nc4cncc(C(F)(F)F)n4)[C@H]4OC(C)(C)O[C@H]43)CC2)cc1. The molecule has 5 rings (SSSR count). The van der Waals surface area contributed by atoms with Crippen LogP contribution in [0.3, 0.4) is 0 Å². The van der Waals surface area contributed by atoms with Crippen LogP contribution in [-0.2, 0) is 31.7 Å². The van der Waals surface area contributed by atoms with Crippen molar-refractivity contribution < 1.29 is 36.9 Å². The number of rotatable bonds is 7. The van der Waals surface area contributed by atoms with Gasteiger partial charge >= 0.3 is 12.1 Å². The highest BCUT2D eigenvalue weighted by Crippen LogP contribution is 2.37. The minimum Gasteiger partial charge on any atom is -0.456 e. The van der Waals surface area contributed by atoms with Crippen molar-refractivity contribution in [3.63, 3.8) is 0 Å². The van der Waals surface area contributed by atoms with Gasteiger partial charge in [-0.15, -0.1) is 0 Å². The minimum absolute atomic E-state index is 0.00420. The van der Waals surface area contributed by atoms with E-state index < -0.39 is 41.5 Å². The van der Waals surface area contributed by atoms with Crippen molar-refractivity contribution in [1.82, 2.24) is 19.8 Å². The Morgan fingerprint density at radius 1 is 1.02 bits per heavy atom. The fraction of sp³-hybridized carbons (Fsp3) is 0.633. The van der Waals surface area contributed by atoms with E-state index in [0.717, 1.165) is 38.3 Å². The van der Waals surface area contributed by atoms with Crippen molar-refractivity contribution in [2.24, 2.45) is 0 Å². The molecule has 2 aromatic rings. The number of nitrogens with one attached hydrogen (secondary N) is 1. The number of carbonyl (C=O) groups excluding carboxylic acids is 1. The Balaban J connectivity index is 1.13. The maximum absolute atomic E-state index is 13.1. The van der Waals surface area contributed by atoms with Crippen LogP contribution >= 0.6 is 0 Å². The lowest BCUT2D eigenvalue weighted by Gasteiger charge is -2.41. The Morgan fingerprint density at radius 2 is 1.67 bits per heavy atom. The second-order valence-electron chi connectivity index (χ2n) is 12.8. The van der Waals surface area contributed by atoms with E-state index in [2.05, 4.69) is 25.1 Å². The van der Waals surface area contributed by atoms with Crippen LogP contribution in [0.1, 0.15) is 56.2 Å². The summed E-state index contributed by atoms with van der Waals surface area (Å²) in [7, 11) is 0. The fourth-order valence-electron chi connectivity index (χ4n) is 5.60. The van der Waals surface area contributed by atoms with Gasteiger partial charge < -0.3 is 24.3 Å². The predicted molar refractivity (Wildman–Crippen MR) is 151 cm³/mol. The Labute approximate surface area is 249 Å². The fourth-order valence-corrected chi connectivity index (χ4v) is 5.60. The van der Waals surface area contributed by atoms with Gasteiger partial charge in [0.1, 0.15) is 23.6 Å². The third-order valence-electron chi connectivity index (χ3n) is 7.57. The van der Waals surface area contributed by atoms with Gasteiger partial charge in [-0.05, 0) is 52.3 Å². The van der Waals surface area contributed by atoms with E-state index in [0.29, 0.717) is 18.3 Å². The molecule has 0 aliphatic carbocycles. The summed E-state index contributed by atoms with van der Waals surface area (Å²) in [6, 6.07) is 7.10. The first-order valence-corrected chi connectivity index (χ1v) is 14.6. The van der Waals surface area contributed by atoms with Crippen LogP contribution in [0.25, 0.3) is 0 Å². The summed E-state index contributed by atoms with van der Waals surface area (Å²) in [6.07, 6.45) is -3.73. The second kappa shape index (κ2) is 12.3. The molecule has 3 fully saturated rings. The van der Waals surface area contributed by atoms with Crippen LogP contribution in [0.4, 0.5) is 19.0 Å². The number of halogens is 3. The van der Waals surface area contributed by atoms with Crippen LogP contribution in [-0.4, -0.2) is 101 Å². The van der Waals surface area contributed by atoms with Crippen LogP contribution in [0.15, 0.2) is 36.7 Å². The average Bonchev–Trinajstić information content (AvgIpc) is 3.26. The number of carbonyl (C=O) groups is 1. The first-order chi connectivity index (χ1) is 20.1. The van der Waals surface area contributed by atoms with Crippen LogP contribution in [0.2, 0.25) is 0 Å². The van der Waals surface area contributed by atoms with Gasteiger partial charge in [0.05, 0.1) is 36.7 Å². The summed E-state index contributed by atoms with van der Waals surface area (Å²) in [5.74, 6) is -1.19. The number of benzene rings is 1. The van der Waals surface area contributed by atoms with Crippen molar-refractivity contribution in [3.05, 3.63) is 53.5 Å². The van der Waals surface area contributed by atoms with Gasteiger partial charge in [-0.25, -0.2) is 9.78 Å². The molecule has 3 saturated heterocycles. The van der Waals surface area contributed by atoms with Crippen molar-refractivity contribution in [2.75, 3.05) is 44.6 Å². The van der Waals surface area contributed by atoms with Gasteiger partial charge in [-0.1, -0.05) is 12.1 Å². The molecule has 4 heterocycles. The Kier molecular flexibility index (Phi) is 9.01. The maximum Gasteiger partial charge on any atom is 0.434 e. The molecule has 0 radical (unpaired) electrons. The summed E-state index contributed by atoms with van der Waals surface area (Å²) in [5.41, 5.74) is 0.0638. The zero-order valence-electron chi connectivity index (χ0n) is 25.2. The lowest BCUT2D eigenvalue weighted by atomic mass is 9.97. The van der Waals surface area contributed by atoms with Gasteiger partial charge in [0.2, 0.25) is 0 Å². The van der Waals surface area contributed by atoms with E-state index >= 15 is 0 Å². The van der Waals surface area contributed by atoms with E-state index in [1.165, 1.54) is 6.20 Å². The predicted octanol–water partition coefficient (Wildman–Crippen LogP) is 3.97. The molecule has 4 atom stereocenters. The van der Waals surface area contributed by atoms with Crippen molar-refractivity contribution in [2.45, 2.75) is 83.1 Å². The number of fused-ring (bicyclic) bond motifs is 1. The molecule has 1 N–H and O–H groups in total. The van der Waals surface area contributed by atoms with Gasteiger partial charge in [-0.2, -0.15) is 13.2 Å². The quantitative estimate of drug-likeness (QED) is 0.466. The normalized spacial score (nSPS) is 26.6. The number of anilines is 1. The summed E-state index contributed by atoms with van der Waals surface area (Å²) >= 11 is 0. The number of piperazine rings is 1. The van der Waals surface area contributed by atoms with E-state index in [9.17, 15) is 18.0 Å². The number of aromatic nitrogens is 2. The van der Waals surface area contributed by atoms with E-state index in [1.54, 1.807) is 0 Å². The molecule has 0 amide bonds. The summed E-state index contributed by atoms with van der Waals surface area (Å²) in [4.78, 5) is 24.4. The highest BCUT2D eigenvalue weighted by atomic mass is 19.4. The number of esters is 1. The number of alkyl halides is 3. The van der Waals surface area contributed by atoms with Gasteiger partial charge in [0, 0.05) is 39.3 Å². The number of ether oxygens (including phenoxy) is 4. The number of nitrogens with zero attached hydrogens (tertiary/aromatic N) is 4. The molecule has 10 nitrogen and oxygen atoms in total. The second-order valence-corrected chi connectivity index (χ2v) is 12.8. The summed E-state index contributed by atoms with van der Waals surface area (Å²) in [6.45, 7) is 14.3. The molecule has 0 saturated carbocycles. The van der Waals surface area contributed by atoms with E-state index in [1.807, 2.05) is 58.9 Å². The zero-order chi connectivity index (χ0) is 31.0. The highest BCUT2D eigenvalue weighted by Gasteiger charge is 2.52. The molecule has 0 bridgehead atoms. The van der Waals surface area contributed by atoms with Crippen LogP contribution in [0.5, 0.6) is 0 Å². The molecule has 236 valence electrons. The molecular formula is C30H40F3N5O5. The Bertz CT molecular complexity index is 1260. The third-order valence-corrected chi connectivity index (χ3v) is 7.57. The first kappa shape index (κ1) is 31.6. The van der Waals surface area contributed by atoms with Gasteiger partial charge in [0.25, 0.3) is 0 Å². The summed E-state index contributed by atoms with van der Waals surface area (Å²) < 4.78 is 63.5. The van der Waals surface area contributed by atoms with Crippen molar-refractivity contribution >= 4 is 11.8 Å². The highest BCUT2D eigenvalue weighted by molar-refractivity contribution is 5.89. The molecule has 3 aliphatic rings. The zero-order valence-corrected chi connectivity index (χ0v) is 25.2. The molecule has 1 aromatic heterocycles. The average molecular weight is 608 g/mol. The van der Waals surface area contributed by atoms with E-state index in [4.69, 9.17) is 18.9 Å². The Hall–Kier alpha value is -2.84. The largest absolute Gasteiger partial charge is 0.456 e. The smallest absolute Gasteiger partial charge is 0.434 e. The lowest BCUT2D eigenvalue weighted by molar-refractivity contribution is -0.156. The first-order valence-electron chi connectivity index (χ1n) is 14.6. The topological polar surface area (TPSA) is 98.3 Å². The van der Waals surface area contributed by atoms with E-state index in [-0.39, 0.29) is 24.5 Å². The Morgan fingerprint density at radius 3 is 2.33 bits per heavy atom. The van der Waals surface area contributed by atoms with Gasteiger partial charge in [0.15, 0.2) is 11.5 Å². The molecule has 1 aromatic carbocycles. The summed E-state index contributed by atoms with van der Waals surface area (Å²) in [5, 5.41) is 3.03. The minimum atomic E-state index is -4.59. The molecule has 0 spiro atoms. The number of hydrogen-bond acceptors (Lipinski definition) is 10. The molecule has 3 aliphatic heterocycles. The molecular weight excluding hydrogens is 567 g/mol. The third kappa shape index (κ3) is 8.21. The number of hydrogen-bond donors (Lipinski definition) is 1. The molecule has 43 heavy (non-hydrogen) atoms.